The minimum Gasteiger partial charge on any atom is -0.376 e. The molecule has 0 bridgehead atoms. The van der Waals surface area contributed by atoms with E-state index >= 15 is 0 Å². The Morgan fingerprint density at radius 3 is 3.19 bits per heavy atom. The van der Waals surface area contributed by atoms with E-state index in [9.17, 15) is 0 Å². The summed E-state index contributed by atoms with van der Waals surface area (Å²) in [5, 5.41) is 0. The summed E-state index contributed by atoms with van der Waals surface area (Å²) in [4.78, 5) is 8.66. The first kappa shape index (κ1) is 9.59. The van der Waals surface area contributed by atoms with Crippen molar-refractivity contribution in [3.8, 4) is 0 Å². The third kappa shape index (κ3) is 1.28. The van der Waals surface area contributed by atoms with Gasteiger partial charge in [-0.15, -0.1) is 0 Å². The number of nitrogen functional groups attached to an aromatic ring is 1. The van der Waals surface area contributed by atoms with Crippen molar-refractivity contribution in [2.24, 2.45) is 0 Å². The predicted molar refractivity (Wildman–Crippen MR) is 61.0 cm³/mol. The van der Waals surface area contributed by atoms with Gasteiger partial charge in [-0.25, -0.2) is 9.97 Å². The molecule has 2 aromatic heterocycles. The SMILES string of the molecule is CC1OCCC1n1c(N)nc2cccnc21. The highest BCUT2D eigenvalue weighted by molar-refractivity contribution is 5.74. The molecule has 1 fully saturated rings. The van der Waals surface area contributed by atoms with Crippen LogP contribution in [0.2, 0.25) is 0 Å². The monoisotopic (exact) mass is 218 g/mol. The summed E-state index contributed by atoms with van der Waals surface area (Å²) in [6.45, 7) is 2.84. The van der Waals surface area contributed by atoms with Crippen molar-refractivity contribution in [3.05, 3.63) is 18.3 Å². The Morgan fingerprint density at radius 1 is 1.56 bits per heavy atom. The number of ether oxygens (including phenoxy) is 1. The molecular weight excluding hydrogens is 204 g/mol. The molecule has 1 aliphatic rings. The fourth-order valence-corrected chi connectivity index (χ4v) is 2.33. The highest BCUT2D eigenvalue weighted by Gasteiger charge is 2.29. The number of hydrogen-bond donors (Lipinski definition) is 1. The van der Waals surface area contributed by atoms with Crippen molar-refractivity contribution in [1.29, 1.82) is 0 Å². The van der Waals surface area contributed by atoms with E-state index in [4.69, 9.17) is 10.5 Å². The lowest BCUT2D eigenvalue weighted by Crippen LogP contribution is -2.18. The zero-order valence-corrected chi connectivity index (χ0v) is 9.13. The van der Waals surface area contributed by atoms with Crippen LogP contribution in [0.4, 0.5) is 5.95 Å². The molecule has 2 aromatic rings. The van der Waals surface area contributed by atoms with Crippen LogP contribution in [0, 0.1) is 0 Å². The first-order valence-corrected chi connectivity index (χ1v) is 5.47. The normalized spacial score (nSPS) is 25.3. The van der Waals surface area contributed by atoms with Crippen molar-refractivity contribution in [2.45, 2.75) is 25.5 Å². The number of hydrogen-bond acceptors (Lipinski definition) is 4. The number of aromatic nitrogens is 3. The molecule has 5 heteroatoms. The van der Waals surface area contributed by atoms with Crippen LogP contribution < -0.4 is 5.73 Å². The van der Waals surface area contributed by atoms with Crippen molar-refractivity contribution < 1.29 is 4.74 Å². The number of nitrogens with two attached hydrogens (primary N) is 1. The minimum atomic E-state index is 0.168. The first-order valence-electron chi connectivity index (χ1n) is 5.47. The Kier molecular flexibility index (Phi) is 2.07. The van der Waals surface area contributed by atoms with Crippen LogP contribution in [-0.4, -0.2) is 27.2 Å². The second-order valence-electron chi connectivity index (χ2n) is 4.12. The number of fused-ring (bicyclic) bond motifs is 1. The van der Waals surface area contributed by atoms with Gasteiger partial charge >= 0.3 is 0 Å². The molecule has 2 atom stereocenters. The van der Waals surface area contributed by atoms with E-state index in [-0.39, 0.29) is 12.1 Å². The molecular formula is C11H14N4O. The van der Waals surface area contributed by atoms with Crippen LogP contribution in [0.5, 0.6) is 0 Å². The number of imidazole rings is 1. The summed E-state index contributed by atoms with van der Waals surface area (Å²) in [6, 6.07) is 4.04. The molecule has 0 spiro atoms. The molecule has 2 unspecified atom stereocenters. The van der Waals surface area contributed by atoms with Crippen molar-refractivity contribution in [1.82, 2.24) is 14.5 Å². The summed E-state index contributed by atoms with van der Waals surface area (Å²) < 4.78 is 7.55. The molecule has 3 heterocycles. The molecule has 0 aromatic carbocycles. The molecule has 0 radical (unpaired) electrons. The highest BCUT2D eigenvalue weighted by Crippen LogP contribution is 2.30. The second kappa shape index (κ2) is 3.45. The fraction of sp³-hybridized carbons (Fsp3) is 0.455. The van der Waals surface area contributed by atoms with Gasteiger partial charge in [0.1, 0.15) is 5.52 Å². The summed E-state index contributed by atoms with van der Waals surface area (Å²) in [5.41, 5.74) is 7.65. The molecule has 3 rings (SSSR count). The standard InChI is InChI=1S/C11H14N4O/c1-7-9(4-6-16-7)15-10-8(14-11(15)12)3-2-5-13-10/h2-3,5,7,9H,4,6H2,1H3,(H2,12,14). The molecule has 1 saturated heterocycles. The number of nitrogens with zero attached hydrogens (tertiary/aromatic N) is 3. The Balaban J connectivity index is 2.18. The van der Waals surface area contributed by atoms with E-state index < -0.39 is 0 Å². The largest absolute Gasteiger partial charge is 0.376 e. The minimum absolute atomic E-state index is 0.168. The van der Waals surface area contributed by atoms with Crippen LogP contribution in [0.3, 0.4) is 0 Å². The van der Waals surface area contributed by atoms with E-state index in [1.165, 1.54) is 0 Å². The maximum atomic E-state index is 5.95. The van der Waals surface area contributed by atoms with Gasteiger partial charge in [0.2, 0.25) is 5.95 Å². The third-order valence-electron chi connectivity index (χ3n) is 3.14. The molecule has 2 N–H and O–H groups in total. The Hall–Kier alpha value is -1.62. The molecule has 0 saturated carbocycles. The molecule has 0 amide bonds. The zero-order valence-electron chi connectivity index (χ0n) is 9.13. The summed E-state index contributed by atoms with van der Waals surface area (Å²) >= 11 is 0. The first-order chi connectivity index (χ1) is 7.77. The van der Waals surface area contributed by atoms with E-state index in [1.807, 2.05) is 16.7 Å². The average Bonchev–Trinajstić information content (AvgIpc) is 2.81. The van der Waals surface area contributed by atoms with Crippen LogP contribution in [0.1, 0.15) is 19.4 Å². The van der Waals surface area contributed by atoms with Gasteiger partial charge in [-0.1, -0.05) is 0 Å². The van der Waals surface area contributed by atoms with Crippen LogP contribution in [-0.2, 0) is 4.74 Å². The summed E-state index contributed by atoms with van der Waals surface area (Å²) in [6.07, 6.45) is 2.90. The lowest BCUT2D eigenvalue weighted by Gasteiger charge is -2.17. The smallest absolute Gasteiger partial charge is 0.202 e. The lowest BCUT2D eigenvalue weighted by atomic mass is 10.1. The van der Waals surface area contributed by atoms with Gasteiger partial charge in [0.05, 0.1) is 12.1 Å². The molecule has 0 aliphatic carbocycles. The number of rotatable bonds is 1. The fourth-order valence-electron chi connectivity index (χ4n) is 2.33. The number of anilines is 1. The van der Waals surface area contributed by atoms with E-state index in [1.54, 1.807) is 6.20 Å². The summed E-state index contributed by atoms with van der Waals surface area (Å²) in [7, 11) is 0. The van der Waals surface area contributed by atoms with Gasteiger partial charge in [0.15, 0.2) is 5.65 Å². The number of pyridine rings is 1. The van der Waals surface area contributed by atoms with Gasteiger partial charge < -0.3 is 10.5 Å². The van der Waals surface area contributed by atoms with Crippen molar-refractivity contribution >= 4 is 17.1 Å². The maximum Gasteiger partial charge on any atom is 0.202 e. The van der Waals surface area contributed by atoms with E-state index in [0.717, 1.165) is 24.2 Å². The Labute approximate surface area is 93.2 Å². The summed E-state index contributed by atoms with van der Waals surface area (Å²) in [5.74, 6) is 0.524. The predicted octanol–water partition coefficient (Wildman–Crippen LogP) is 1.36. The second-order valence-corrected chi connectivity index (χ2v) is 4.12. The Morgan fingerprint density at radius 2 is 2.44 bits per heavy atom. The molecule has 16 heavy (non-hydrogen) atoms. The molecule has 84 valence electrons. The molecule has 1 aliphatic heterocycles. The van der Waals surface area contributed by atoms with E-state index in [0.29, 0.717) is 5.95 Å². The quantitative estimate of drug-likeness (QED) is 0.785. The topological polar surface area (TPSA) is 66.0 Å². The van der Waals surface area contributed by atoms with Gasteiger partial charge in [-0.2, -0.15) is 0 Å². The molecule has 5 nitrogen and oxygen atoms in total. The zero-order chi connectivity index (χ0) is 11.1. The average molecular weight is 218 g/mol. The van der Waals surface area contributed by atoms with Crippen molar-refractivity contribution in [2.75, 3.05) is 12.3 Å². The highest BCUT2D eigenvalue weighted by atomic mass is 16.5. The lowest BCUT2D eigenvalue weighted by molar-refractivity contribution is 0.108. The Bertz CT molecular complexity index is 522. The van der Waals surface area contributed by atoms with Crippen LogP contribution >= 0.6 is 0 Å². The van der Waals surface area contributed by atoms with Gasteiger partial charge in [0.25, 0.3) is 0 Å². The van der Waals surface area contributed by atoms with Crippen LogP contribution in [0.15, 0.2) is 18.3 Å². The van der Waals surface area contributed by atoms with Gasteiger partial charge in [-0.05, 0) is 25.5 Å². The van der Waals surface area contributed by atoms with Crippen molar-refractivity contribution in [3.63, 3.8) is 0 Å². The van der Waals surface area contributed by atoms with Gasteiger partial charge in [0, 0.05) is 12.8 Å². The van der Waals surface area contributed by atoms with Crippen LogP contribution in [0.25, 0.3) is 11.2 Å². The third-order valence-corrected chi connectivity index (χ3v) is 3.14. The van der Waals surface area contributed by atoms with Gasteiger partial charge in [-0.3, -0.25) is 4.57 Å². The maximum absolute atomic E-state index is 5.95. The van der Waals surface area contributed by atoms with E-state index in [2.05, 4.69) is 16.9 Å².